The summed E-state index contributed by atoms with van der Waals surface area (Å²) in [5, 5.41) is 5.57. The van der Waals surface area contributed by atoms with Gasteiger partial charge in [-0.3, -0.25) is 14.0 Å². The van der Waals surface area contributed by atoms with Crippen molar-refractivity contribution >= 4 is 33.0 Å². The third-order valence-electron chi connectivity index (χ3n) is 5.08. The Labute approximate surface area is 178 Å². The van der Waals surface area contributed by atoms with Crippen LogP contribution in [0.2, 0.25) is 0 Å². The number of rotatable bonds is 5. The Morgan fingerprint density at radius 3 is 2.60 bits per heavy atom. The molecule has 0 atom stereocenters. The van der Waals surface area contributed by atoms with Gasteiger partial charge in [-0.15, -0.1) is 11.3 Å². The first kappa shape index (κ1) is 20.3. The van der Waals surface area contributed by atoms with E-state index in [2.05, 4.69) is 10.1 Å². The molecule has 0 aliphatic carbocycles. The zero-order valence-corrected chi connectivity index (χ0v) is 18.7. The first-order valence-corrected chi connectivity index (χ1v) is 10.8. The van der Waals surface area contributed by atoms with Gasteiger partial charge in [0.15, 0.2) is 10.7 Å². The van der Waals surface area contributed by atoms with Crippen LogP contribution in [-0.2, 0) is 13.1 Å². The normalized spacial score (nSPS) is 11.7. The van der Waals surface area contributed by atoms with Crippen LogP contribution in [0.1, 0.15) is 40.6 Å². The lowest BCUT2D eigenvalue weighted by Crippen LogP contribution is -2.33. The summed E-state index contributed by atoms with van der Waals surface area (Å²) in [4.78, 5) is 34.6. The van der Waals surface area contributed by atoms with Crippen molar-refractivity contribution in [1.29, 1.82) is 0 Å². The molecule has 8 heteroatoms. The predicted molar refractivity (Wildman–Crippen MR) is 119 cm³/mol. The van der Waals surface area contributed by atoms with Gasteiger partial charge in [0.2, 0.25) is 0 Å². The topological polar surface area (TPSA) is 72.5 Å². The molecule has 0 radical (unpaired) electrons. The van der Waals surface area contributed by atoms with Crippen LogP contribution >= 0.6 is 11.3 Å². The average Bonchev–Trinajstić information content (AvgIpc) is 3.19. The van der Waals surface area contributed by atoms with Crippen LogP contribution in [-0.4, -0.2) is 37.0 Å². The Bertz CT molecular complexity index is 1310. The zero-order valence-electron chi connectivity index (χ0n) is 17.8. The van der Waals surface area contributed by atoms with E-state index >= 15 is 0 Å². The number of carbonyl (C=O) groups is 1. The lowest BCUT2D eigenvalue weighted by molar-refractivity contribution is 0.0776. The van der Waals surface area contributed by atoms with Crippen LogP contribution < -0.4 is 5.56 Å². The van der Waals surface area contributed by atoms with Crippen LogP contribution in [0.15, 0.2) is 35.3 Å². The summed E-state index contributed by atoms with van der Waals surface area (Å²) >= 11 is 1.63. The van der Waals surface area contributed by atoms with E-state index in [0.717, 1.165) is 16.3 Å². The van der Waals surface area contributed by atoms with Crippen molar-refractivity contribution < 1.29 is 4.79 Å². The summed E-state index contributed by atoms with van der Waals surface area (Å²) in [5.41, 5.74) is 2.02. The molecule has 30 heavy (non-hydrogen) atoms. The molecule has 0 bridgehead atoms. The molecule has 0 saturated heterocycles. The summed E-state index contributed by atoms with van der Waals surface area (Å²) in [7, 11) is 1.76. The van der Waals surface area contributed by atoms with Crippen molar-refractivity contribution in [3.05, 3.63) is 62.8 Å². The lowest BCUT2D eigenvalue weighted by Gasteiger charge is -2.19. The Morgan fingerprint density at radius 2 is 1.90 bits per heavy atom. The summed E-state index contributed by atoms with van der Waals surface area (Å²) in [5.74, 6) is 0.0200. The molecule has 0 fully saturated rings. The molecule has 156 valence electrons. The number of amides is 1. The highest BCUT2D eigenvalue weighted by Crippen LogP contribution is 2.22. The summed E-state index contributed by atoms with van der Waals surface area (Å²) in [6.45, 7) is 8.91. The third-order valence-corrected chi connectivity index (χ3v) is 5.98. The smallest absolute Gasteiger partial charge is 0.275 e. The van der Waals surface area contributed by atoms with Crippen LogP contribution in [0.25, 0.3) is 15.7 Å². The van der Waals surface area contributed by atoms with E-state index in [1.165, 1.54) is 9.56 Å². The maximum atomic E-state index is 13.4. The van der Waals surface area contributed by atoms with E-state index < -0.39 is 0 Å². The monoisotopic (exact) mass is 423 g/mol. The minimum atomic E-state index is -0.218. The standard InChI is InChI=1S/C22H25N5O2S/c1-13(2)10-27-20(28)17-9-7-6-8-16(17)19(24-27)21(29)25(5)12-18-15(4)23-22-26(18)11-14(3)30-22/h6-9,11,13H,10,12H2,1-5H3. The first-order valence-electron chi connectivity index (χ1n) is 9.95. The van der Waals surface area contributed by atoms with Gasteiger partial charge in [-0.05, 0) is 25.8 Å². The number of hydrogen-bond donors (Lipinski definition) is 0. The average molecular weight is 424 g/mol. The number of carbonyl (C=O) groups excluding carboxylic acids is 1. The van der Waals surface area contributed by atoms with Crippen LogP contribution in [0.3, 0.4) is 0 Å². The first-order chi connectivity index (χ1) is 14.3. The van der Waals surface area contributed by atoms with E-state index in [1.54, 1.807) is 35.4 Å². The summed E-state index contributed by atoms with van der Waals surface area (Å²) in [6.07, 6.45) is 2.05. The SMILES string of the molecule is Cc1cn2c(CN(C)C(=O)c3nn(CC(C)C)c(=O)c4ccccc34)c(C)nc2s1. The minimum absolute atomic E-state index is 0.166. The van der Waals surface area contributed by atoms with Crippen molar-refractivity contribution in [2.75, 3.05) is 7.05 Å². The van der Waals surface area contributed by atoms with E-state index in [-0.39, 0.29) is 17.4 Å². The van der Waals surface area contributed by atoms with Crippen molar-refractivity contribution in [1.82, 2.24) is 24.1 Å². The Hall–Kier alpha value is -3.00. The third kappa shape index (κ3) is 3.52. The fourth-order valence-electron chi connectivity index (χ4n) is 3.64. The van der Waals surface area contributed by atoms with Crippen molar-refractivity contribution in [2.45, 2.75) is 40.8 Å². The maximum absolute atomic E-state index is 13.4. The van der Waals surface area contributed by atoms with Gasteiger partial charge in [0.25, 0.3) is 11.5 Å². The molecule has 0 unspecified atom stereocenters. The molecule has 3 aromatic heterocycles. The quantitative estimate of drug-likeness (QED) is 0.491. The van der Waals surface area contributed by atoms with Gasteiger partial charge in [0.05, 0.1) is 23.3 Å². The predicted octanol–water partition coefficient (Wildman–Crippen LogP) is 3.65. The molecule has 7 nitrogen and oxygen atoms in total. The largest absolute Gasteiger partial charge is 0.334 e. The molecular formula is C22H25N5O2S. The summed E-state index contributed by atoms with van der Waals surface area (Å²) < 4.78 is 3.46. The van der Waals surface area contributed by atoms with Gasteiger partial charge in [0.1, 0.15) is 0 Å². The molecule has 1 aromatic carbocycles. The summed E-state index contributed by atoms with van der Waals surface area (Å²) in [6, 6.07) is 7.18. The Balaban J connectivity index is 1.75. The van der Waals surface area contributed by atoms with Crippen LogP contribution in [0, 0.1) is 19.8 Å². The maximum Gasteiger partial charge on any atom is 0.275 e. The number of benzene rings is 1. The van der Waals surface area contributed by atoms with Gasteiger partial charge in [0, 0.05) is 30.1 Å². The number of hydrogen-bond acceptors (Lipinski definition) is 5. The van der Waals surface area contributed by atoms with Crippen molar-refractivity contribution in [2.24, 2.45) is 5.92 Å². The zero-order chi connectivity index (χ0) is 21.6. The Morgan fingerprint density at radius 1 is 1.20 bits per heavy atom. The van der Waals surface area contributed by atoms with E-state index in [4.69, 9.17) is 0 Å². The number of thiazole rings is 1. The molecule has 3 heterocycles. The van der Waals surface area contributed by atoms with Gasteiger partial charge in [-0.1, -0.05) is 32.0 Å². The molecule has 1 amide bonds. The van der Waals surface area contributed by atoms with Crippen molar-refractivity contribution in [3.8, 4) is 0 Å². The molecule has 0 N–H and O–H groups in total. The highest BCUT2D eigenvalue weighted by atomic mass is 32.1. The molecule has 4 rings (SSSR count). The second kappa shape index (κ2) is 7.68. The number of aromatic nitrogens is 4. The molecule has 0 aliphatic heterocycles. The second-order valence-corrected chi connectivity index (χ2v) is 9.29. The van der Waals surface area contributed by atoms with Gasteiger partial charge >= 0.3 is 0 Å². The highest BCUT2D eigenvalue weighted by molar-refractivity contribution is 7.17. The fraction of sp³-hybridized carbons (Fsp3) is 0.364. The van der Waals surface area contributed by atoms with E-state index in [0.29, 0.717) is 29.6 Å². The van der Waals surface area contributed by atoms with Crippen LogP contribution in [0.5, 0.6) is 0 Å². The highest BCUT2D eigenvalue weighted by Gasteiger charge is 2.22. The molecule has 0 saturated carbocycles. The fourth-order valence-corrected chi connectivity index (χ4v) is 4.53. The number of imidazole rings is 1. The van der Waals surface area contributed by atoms with Crippen LogP contribution in [0.4, 0.5) is 0 Å². The second-order valence-electron chi connectivity index (χ2n) is 8.07. The molecule has 0 aliphatic rings. The van der Waals surface area contributed by atoms with Crippen molar-refractivity contribution in [3.63, 3.8) is 0 Å². The molecule has 0 spiro atoms. The molecular weight excluding hydrogens is 398 g/mol. The van der Waals surface area contributed by atoms with E-state index in [1.807, 2.05) is 50.4 Å². The number of fused-ring (bicyclic) bond motifs is 2. The van der Waals surface area contributed by atoms with Gasteiger partial charge in [-0.2, -0.15) is 5.10 Å². The Kier molecular flexibility index (Phi) is 5.19. The van der Waals surface area contributed by atoms with Gasteiger partial charge < -0.3 is 4.90 Å². The number of aryl methyl sites for hydroxylation is 2. The lowest BCUT2D eigenvalue weighted by atomic mass is 10.1. The minimum Gasteiger partial charge on any atom is -0.334 e. The number of nitrogens with zero attached hydrogens (tertiary/aromatic N) is 5. The van der Waals surface area contributed by atoms with Gasteiger partial charge in [-0.25, -0.2) is 9.67 Å². The molecule has 4 aromatic rings. The van der Waals surface area contributed by atoms with E-state index in [9.17, 15) is 9.59 Å².